The summed E-state index contributed by atoms with van der Waals surface area (Å²) in [7, 11) is 1.81. The second-order valence-corrected chi connectivity index (χ2v) is 8.65. The lowest BCUT2D eigenvalue weighted by atomic mass is 10.1. The van der Waals surface area contributed by atoms with Crippen LogP contribution in [0.5, 0.6) is 0 Å². The number of aromatic nitrogens is 1. The Kier molecular flexibility index (Phi) is 6.23. The van der Waals surface area contributed by atoms with E-state index >= 15 is 0 Å². The first kappa shape index (κ1) is 22.0. The molecule has 0 spiro atoms. The molecule has 0 radical (unpaired) electrons. The molecule has 6 nitrogen and oxygen atoms in total. The first-order valence-electron chi connectivity index (χ1n) is 9.39. The highest BCUT2D eigenvalue weighted by Crippen LogP contribution is 2.34. The summed E-state index contributed by atoms with van der Waals surface area (Å²) in [4.78, 5) is 29.0. The largest absolute Gasteiger partial charge is 0.319 e. The molecule has 1 aromatic heterocycles. The summed E-state index contributed by atoms with van der Waals surface area (Å²) in [6, 6.07) is 20.9. The molecular formula is C23H15Cl2N3O3S. The number of carbonyl (C=O) groups excluding carboxylic acids is 1. The van der Waals surface area contributed by atoms with Crippen LogP contribution in [0.3, 0.4) is 0 Å². The maximum absolute atomic E-state index is 12.9. The summed E-state index contributed by atoms with van der Waals surface area (Å²) >= 11 is 13.5. The summed E-state index contributed by atoms with van der Waals surface area (Å²) in [5, 5.41) is 11.8. The van der Waals surface area contributed by atoms with Gasteiger partial charge in [0, 0.05) is 24.2 Å². The second-order valence-electron chi connectivity index (χ2n) is 6.83. The number of rotatable bonds is 4. The fraction of sp³-hybridized carbons (Fsp3) is 0.0435. The van der Waals surface area contributed by atoms with Crippen LogP contribution in [0.4, 0.5) is 5.69 Å². The average molecular weight is 484 g/mol. The van der Waals surface area contributed by atoms with E-state index in [9.17, 15) is 14.9 Å². The van der Waals surface area contributed by atoms with Gasteiger partial charge in [0.25, 0.3) is 11.6 Å². The molecule has 0 aliphatic heterocycles. The molecule has 9 heteroatoms. The van der Waals surface area contributed by atoms with E-state index in [0.29, 0.717) is 9.82 Å². The minimum absolute atomic E-state index is 0.0245. The van der Waals surface area contributed by atoms with Crippen molar-refractivity contribution in [2.24, 2.45) is 12.0 Å². The molecule has 0 aliphatic carbocycles. The van der Waals surface area contributed by atoms with E-state index in [1.807, 2.05) is 54.1 Å². The van der Waals surface area contributed by atoms with Crippen molar-refractivity contribution in [3.05, 3.63) is 103 Å². The van der Waals surface area contributed by atoms with Crippen LogP contribution in [0.25, 0.3) is 21.7 Å². The van der Waals surface area contributed by atoms with Gasteiger partial charge in [-0.3, -0.25) is 14.9 Å². The summed E-state index contributed by atoms with van der Waals surface area (Å²) in [6.07, 6.45) is 0. The van der Waals surface area contributed by atoms with E-state index in [4.69, 9.17) is 23.2 Å². The minimum atomic E-state index is -0.655. The van der Waals surface area contributed by atoms with Crippen molar-refractivity contribution in [1.82, 2.24) is 4.57 Å². The SMILES string of the molecule is Cn1c(-c2ccc(Cl)cc2)c(-c2ccccc2)sc1=NC(=O)c1cc([N+](=O)[O-])ccc1Cl. The highest BCUT2D eigenvalue weighted by molar-refractivity contribution is 7.13. The molecule has 0 saturated carbocycles. The first-order chi connectivity index (χ1) is 15.3. The third kappa shape index (κ3) is 4.36. The van der Waals surface area contributed by atoms with Crippen LogP contribution >= 0.6 is 34.5 Å². The van der Waals surface area contributed by atoms with Crippen LogP contribution in [-0.2, 0) is 7.05 Å². The van der Waals surface area contributed by atoms with Gasteiger partial charge in [0.1, 0.15) is 0 Å². The van der Waals surface area contributed by atoms with Gasteiger partial charge in [0.15, 0.2) is 4.80 Å². The Morgan fingerprint density at radius 2 is 1.69 bits per heavy atom. The van der Waals surface area contributed by atoms with Crippen molar-refractivity contribution in [1.29, 1.82) is 0 Å². The third-order valence-electron chi connectivity index (χ3n) is 4.77. The number of amides is 1. The standard InChI is InChI=1S/C23H15Cl2N3O3S/c1-27-20(14-7-9-16(24)10-8-14)21(15-5-3-2-4-6-15)32-23(27)26-22(29)18-13-17(28(30)31)11-12-19(18)25/h2-13H,1H3. The fourth-order valence-corrected chi connectivity index (χ4v) is 4.68. The Hall–Kier alpha value is -3.26. The van der Waals surface area contributed by atoms with Crippen LogP contribution < -0.4 is 4.80 Å². The fourth-order valence-electron chi connectivity index (χ4n) is 3.21. The summed E-state index contributed by atoms with van der Waals surface area (Å²) in [5.74, 6) is -0.655. The number of carbonyl (C=O) groups is 1. The van der Waals surface area contributed by atoms with Crippen LogP contribution in [0.1, 0.15) is 10.4 Å². The molecule has 0 atom stereocenters. The van der Waals surface area contributed by atoms with Gasteiger partial charge in [-0.25, -0.2) is 0 Å². The van der Waals surface area contributed by atoms with Crippen molar-refractivity contribution in [2.75, 3.05) is 0 Å². The van der Waals surface area contributed by atoms with E-state index in [1.54, 1.807) is 12.1 Å². The van der Waals surface area contributed by atoms with E-state index in [-0.39, 0.29) is 16.3 Å². The quantitative estimate of drug-likeness (QED) is 0.249. The molecule has 0 unspecified atom stereocenters. The van der Waals surface area contributed by atoms with Gasteiger partial charge in [-0.2, -0.15) is 4.99 Å². The Morgan fingerprint density at radius 3 is 2.34 bits per heavy atom. The smallest absolute Gasteiger partial charge is 0.281 e. The minimum Gasteiger partial charge on any atom is -0.319 e. The third-order valence-corrected chi connectivity index (χ3v) is 6.54. The van der Waals surface area contributed by atoms with Crippen LogP contribution in [0, 0.1) is 10.1 Å². The number of nitro benzene ring substituents is 1. The van der Waals surface area contributed by atoms with E-state index in [1.165, 1.54) is 23.5 Å². The van der Waals surface area contributed by atoms with E-state index in [0.717, 1.165) is 27.8 Å². The van der Waals surface area contributed by atoms with Gasteiger partial charge in [0.05, 0.1) is 26.1 Å². The predicted molar refractivity (Wildman–Crippen MR) is 127 cm³/mol. The number of nitrogens with zero attached hydrogens (tertiary/aromatic N) is 3. The Morgan fingerprint density at radius 1 is 1.00 bits per heavy atom. The van der Waals surface area contributed by atoms with E-state index < -0.39 is 10.8 Å². The second kappa shape index (κ2) is 9.08. The topological polar surface area (TPSA) is 77.5 Å². The molecule has 4 aromatic rings. The Labute approximate surface area is 197 Å². The van der Waals surface area contributed by atoms with Gasteiger partial charge in [-0.05, 0) is 29.3 Å². The van der Waals surface area contributed by atoms with Gasteiger partial charge in [-0.1, -0.05) is 77.0 Å². The first-order valence-corrected chi connectivity index (χ1v) is 11.0. The molecule has 1 amide bonds. The molecule has 1 heterocycles. The van der Waals surface area contributed by atoms with Crippen molar-refractivity contribution < 1.29 is 9.72 Å². The van der Waals surface area contributed by atoms with Crippen LogP contribution in [0.15, 0.2) is 77.8 Å². The maximum Gasteiger partial charge on any atom is 0.281 e. The van der Waals surface area contributed by atoms with Crippen molar-refractivity contribution in [3.8, 4) is 21.7 Å². The summed E-state index contributed by atoms with van der Waals surface area (Å²) in [5.41, 5.74) is 2.50. The zero-order chi connectivity index (χ0) is 22.8. The molecule has 0 saturated heterocycles. The molecule has 160 valence electrons. The predicted octanol–water partition coefficient (Wildman–Crippen LogP) is 6.38. The van der Waals surface area contributed by atoms with Crippen molar-refractivity contribution in [2.45, 2.75) is 0 Å². The lowest BCUT2D eigenvalue weighted by Gasteiger charge is -2.07. The molecule has 0 bridgehead atoms. The van der Waals surface area contributed by atoms with Crippen LogP contribution in [0.2, 0.25) is 10.0 Å². The van der Waals surface area contributed by atoms with Gasteiger partial charge in [-0.15, -0.1) is 0 Å². The number of hydrogen-bond acceptors (Lipinski definition) is 4. The number of thiazole rings is 1. The highest BCUT2D eigenvalue weighted by Gasteiger charge is 2.18. The molecule has 4 rings (SSSR count). The molecule has 0 fully saturated rings. The summed E-state index contributed by atoms with van der Waals surface area (Å²) < 4.78 is 1.82. The highest BCUT2D eigenvalue weighted by atomic mass is 35.5. The molecule has 32 heavy (non-hydrogen) atoms. The summed E-state index contributed by atoms with van der Waals surface area (Å²) in [6.45, 7) is 0. The molecule has 0 N–H and O–H groups in total. The van der Waals surface area contributed by atoms with Gasteiger partial charge in [0.2, 0.25) is 0 Å². The zero-order valence-electron chi connectivity index (χ0n) is 16.7. The lowest BCUT2D eigenvalue weighted by molar-refractivity contribution is -0.384. The molecular weight excluding hydrogens is 469 g/mol. The number of halogens is 2. The average Bonchev–Trinajstić information content (AvgIpc) is 3.11. The van der Waals surface area contributed by atoms with E-state index in [2.05, 4.69) is 4.99 Å². The normalized spacial score (nSPS) is 11.5. The zero-order valence-corrected chi connectivity index (χ0v) is 19.0. The number of nitro groups is 1. The lowest BCUT2D eigenvalue weighted by Crippen LogP contribution is -2.14. The molecule has 0 aliphatic rings. The Bertz CT molecular complexity index is 1390. The molecule has 3 aromatic carbocycles. The number of non-ortho nitro benzene ring substituents is 1. The van der Waals surface area contributed by atoms with Crippen molar-refractivity contribution >= 4 is 46.1 Å². The van der Waals surface area contributed by atoms with Gasteiger partial charge >= 0.3 is 0 Å². The van der Waals surface area contributed by atoms with Gasteiger partial charge < -0.3 is 4.57 Å². The maximum atomic E-state index is 12.9. The monoisotopic (exact) mass is 483 g/mol. The number of benzene rings is 3. The van der Waals surface area contributed by atoms with Crippen molar-refractivity contribution in [3.63, 3.8) is 0 Å². The van der Waals surface area contributed by atoms with Crippen LogP contribution in [-0.4, -0.2) is 15.4 Å². The number of hydrogen-bond donors (Lipinski definition) is 0. The Balaban J connectivity index is 1.90.